The number of hydrogen-bond donors (Lipinski definition) is 4. The summed E-state index contributed by atoms with van der Waals surface area (Å²) in [7, 11) is 0. The largest absolute Gasteiger partial charge is 0.480 e. The Hall–Kier alpha value is -1.92. The Labute approximate surface area is 123 Å². The lowest BCUT2D eigenvalue weighted by molar-refractivity contribution is -0.140. The Morgan fingerprint density at radius 2 is 1.90 bits per heavy atom. The number of rotatable bonds is 6. The van der Waals surface area contributed by atoms with Crippen LogP contribution in [0, 0.1) is 5.92 Å². The van der Waals surface area contributed by atoms with E-state index in [1.165, 1.54) is 0 Å². The maximum absolute atomic E-state index is 12.0. The van der Waals surface area contributed by atoms with Crippen molar-refractivity contribution in [2.24, 2.45) is 5.92 Å². The van der Waals surface area contributed by atoms with Crippen LogP contribution in [-0.2, 0) is 16.0 Å². The zero-order valence-corrected chi connectivity index (χ0v) is 11.8. The van der Waals surface area contributed by atoms with E-state index in [0.29, 0.717) is 6.42 Å². The summed E-state index contributed by atoms with van der Waals surface area (Å²) in [6.07, 6.45) is 1.89. The smallest absolute Gasteiger partial charge is 0.322 e. The fourth-order valence-corrected chi connectivity index (χ4v) is 2.39. The summed E-state index contributed by atoms with van der Waals surface area (Å²) in [5.41, 5.74) is 6.11. The quantitative estimate of drug-likeness (QED) is 0.566. The molecule has 1 aromatic carbocycles. The van der Waals surface area contributed by atoms with Gasteiger partial charge in [0, 0.05) is 12.3 Å². The summed E-state index contributed by atoms with van der Waals surface area (Å²) in [6.45, 7) is 1.65. The molecule has 0 radical (unpaired) electrons. The molecule has 1 fully saturated rings. The van der Waals surface area contributed by atoms with Gasteiger partial charge in [0.25, 0.3) is 0 Å². The molecule has 0 bridgehead atoms. The van der Waals surface area contributed by atoms with Crippen LogP contribution < -0.4 is 16.2 Å². The maximum atomic E-state index is 12.0. The van der Waals surface area contributed by atoms with Gasteiger partial charge in [-0.05, 0) is 31.5 Å². The van der Waals surface area contributed by atoms with Crippen LogP contribution in [0.15, 0.2) is 30.3 Å². The number of benzene rings is 1. The molecule has 2 rings (SSSR count). The fraction of sp³-hybridized carbons (Fsp3) is 0.467. The van der Waals surface area contributed by atoms with E-state index in [9.17, 15) is 14.7 Å². The Morgan fingerprint density at radius 3 is 2.52 bits per heavy atom. The topological polar surface area (TPSA) is 90.5 Å². The highest BCUT2D eigenvalue weighted by molar-refractivity contribution is 5.79. The van der Waals surface area contributed by atoms with Crippen molar-refractivity contribution in [1.82, 2.24) is 16.2 Å². The molecule has 114 valence electrons. The van der Waals surface area contributed by atoms with Gasteiger partial charge < -0.3 is 10.4 Å². The van der Waals surface area contributed by atoms with E-state index < -0.39 is 12.0 Å². The molecule has 1 saturated heterocycles. The zero-order valence-electron chi connectivity index (χ0n) is 11.8. The number of carboxylic acids is 1. The van der Waals surface area contributed by atoms with Crippen molar-refractivity contribution in [1.29, 1.82) is 0 Å². The molecule has 6 heteroatoms. The summed E-state index contributed by atoms with van der Waals surface area (Å²) >= 11 is 0. The number of carbonyl (C=O) groups excluding carboxylic acids is 1. The van der Waals surface area contributed by atoms with Crippen LogP contribution in [0.5, 0.6) is 0 Å². The first-order chi connectivity index (χ1) is 10.2. The van der Waals surface area contributed by atoms with E-state index in [0.717, 1.165) is 31.5 Å². The average Bonchev–Trinajstić information content (AvgIpc) is 2.52. The average molecular weight is 291 g/mol. The molecule has 1 aliphatic heterocycles. The van der Waals surface area contributed by atoms with Crippen molar-refractivity contribution in [3.8, 4) is 0 Å². The van der Waals surface area contributed by atoms with Crippen LogP contribution in [0.2, 0.25) is 0 Å². The number of carbonyl (C=O) groups is 2. The van der Waals surface area contributed by atoms with Gasteiger partial charge >= 0.3 is 5.97 Å². The summed E-state index contributed by atoms with van der Waals surface area (Å²) in [5, 5.41) is 12.4. The Bertz CT molecular complexity index is 472. The summed E-state index contributed by atoms with van der Waals surface area (Å²) < 4.78 is 0. The molecule has 6 nitrogen and oxygen atoms in total. The second-order valence-corrected chi connectivity index (χ2v) is 5.24. The molecule has 1 heterocycles. The van der Waals surface area contributed by atoms with Crippen LogP contribution >= 0.6 is 0 Å². The standard InChI is InChI=1S/C15H21N3O3/c19-14(12-6-8-16-9-7-12)18-17-13(15(20)21)10-11-4-2-1-3-5-11/h1-5,12-13,16-17H,6-10H2,(H,18,19)(H,20,21)/t13-/m0/s1. The van der Waals surface area contributed by atoms with Crippen molar-refractivity contribution < 1.29 is 14.7 Å². The first kappa shape index (κ1) is 15.5. The maximum Gasteiger partial charge on any atom is 0.322 e. The number of aliphatic carboxylic acids is 1. The van der Waals surface area contributed by atoms with Crippen molar-refractivity contribution in [2.45, 2.75) is 25.3 Å². The van der Waals surface area contributed by atoms with Gasteiger partial charge in [-0.2, -0.15) is 0 Å². The zero-order chi connectivity index (χ0) is 15.1. The molecule has 0 aromatic heterocycles. The lowest BCUT2D eigenvalue weighted by atomic mass is 9.98. The van der Waals surface area contributed by atoms with E-state index in [1.54, 1.807) is 0 Å². The van der Waals surface area contributed by atoms with Crippen molar-refractivity contribution >= 4 is 11.9 Å². The van der Waals surface area contributed by atoms with Gasteiger partial charge in [0.1, 0.15) is 6.04 Å². The van der Waals surface area contributed by atoms with E-state index in [-0.39, 0.29) is 11.8 Å². The van der Waals surface area contributed by atoms with Gasteiger partial charge in [0.15, 0.2) is 0 Å². The molecule has 0 aliphatic carbocycles. The lowest BCUT2D eigenvalue weighted by Gasteiger charge is -2.23. The third-order valence-electron chi connectivity index (χ3n) is 3.66. The van der Waals surface area contributed by atoms with Gasteiger partial charge in [-0.25, -0.2) is 5.43 Å². The summed E-state index contributed by atoms with van der Waals surface area (Å²) in [4.78, 5) is 23.3. The third kappa shape index (κ3) is 4.84. The molecule has 1 atom stereocenters. The van der Waals surface area contributed by atoms with Crippen LogP contribution in [0.4, 0.5) is 0 Å². The molecule has 1 amide bonds. The first-order valence-corrected chi connectivity index (χ1v) is 7.19. The molecular weight excluding hydrogens is 270 g/mol. The van der Waals surface area contributed by atoms with Crippen LogP contribution in [0.3, 0.4) is 0 Å². The molecule has 0 saturated carbocycles. The molecule has 0 unspecified atom stereocenters. The molecule has 0 spiro atoms. The predicted octanol–water partition coefficient (Wildman–Crippen LogP) is 0.303. The van der Waals surface area contributed by atoms with Crippen LogP contribution in [0.1, 0.15) is 18.4 Å². The number of amides is 1. The number of piperidine rings is 1. The first-order valence-electron chi connectivity index (χ1n) is 7.19. The minimum absolute atomic E-state index is 0.0510. The van der Waals surface area contributed by atoms with Crippen molar-refractivity contribution in [3.63, 3.8) is 0 Å². The van der Waals surface area contributed by atoms with Crippen molar-refractivity contribution in [2.75, 3.05) is 13.1 Å². The summed E-state index contributed by atoms with van der Waals surface area (Å²) in [6, 6.07) is 8.51. The lowest BCUT2D eigenvalue weighted by Crippen LogP contribution is -2.51. The second-order valence-electron chi connectivity index (χ2n) is 5.24. The normalized spacial score (nSPS) is 17.1. The van der Waals surface area contributed by atoms with E-state index in [4.69, 9.17) is 0 Å². The van der Waals surface area contributed by atoms with Crippen molar-refractivity contribution in [3.05, 3.63) is 35.9 Å². The second kappa shape index (κ2) is 7.75. The van der Waals surface area contributed by atoms with Crippen LogP contribution in [-0.4, -0.2) is 36.1 Å². The molecule has 21 heavy (non-hydrogen) atoms. The Morgan fingerprint density at radius 1 is 1.24 bits per heavy atom. The van der Waals surface area contributed by atoms with Gasteiger partial charge in [0.05, 0.1) is 0 Å². The third-order valence-corrected chi connectivity index (χ3v) is 3.66. The van der Waals surface area contributed by atoms with E-state index in [2.05, 4.69) is 16.2 Å². The minimum atomic E-state index is -0.982. The number of hydrogen-bond acceptors (Lipinski definition) is 4. The van der Waals surface area contributed by atoms with E-state index in [1.807, 2.05) is 30.3 Å². The highest BCUT2D eigenvalue weighted by Gasteiger charge is 2.23. The minimum Gasteiger partial charge on any atom is -0.480 e. The summed E-state index contributed by atoms with van der Waals surface area (Å²) in [5.74, 6) is -1.16. The van der Waals surface area contributed by atoms with Crippen LogP contribution in [0.25, 0.3) is 0 Å². The molecule has 1 aliphatic rings. The SMILES string of the molecule is O=C(NN[C@@H](Cc1ccccc1)C(=O)O)C1CCNCC1. The van der Waals surface area contributed by atoms with Gasteiger partial charge in [-0.15, -0.1) is 0 Å². The molecule has 4 N–H and O–H groups in total. The molecule has 1 aromatic rings. The number of hydrazine groups is 1. The monoisotopic (exact) mass is 291 g/mol. The predicted molar refractivity (Wildman–Crippen MR) is 78.4 cm³/mol. The Balaban J connectivity index is 1.85. The van der Waals surface area contributed by atoms with Gasteiger partial charge in [-0.1, -0.05) is 30.3 Å². The molecular formula is C15H21N3O3. The fourth-order valence-electron chi connectivity index (χ4n) is 2.39. The Kier molecular flexibility index (Phi) is 5.71. The number of nitrogens with one attached hydrogen (secondary N) is 3. The van der Waals surface area contributed by atoms with Gasteiger partial charge in [0.2, 0.25) is 5.91 Å². The van der Waals surface area contributed by atoms with E-state index >= 15 is 0 Å². The highest BCUT2D eigenvalue weighted by Crippen LogP contribution is 2.11. The number of carboxylic acid groups (broad SMARTS) is 1. The highest BCUT2D eigenvalue weighted by atomic mass is 16.4. The van der Waals surface area contributed by atoms with Gasteiger partial charge in [-0.3, -0.25) is 15.0 Å².